The average Bonchev–Trinajstić information content (AvgIpc) is 3.05. The molecule has 0 radical (unpaired) electrons. The number of aromatic nitrogens is 1. The minimum Gasteiger partial charge on any atom is -0.384 e. The van der Waals surface area contributed by atoms with Gasteiger partial charge in [-0.1, -0.05) is 34.1 Å². The highest BCUT2D eigenvalue weighted by molar-refractivity contribution is 5.95. The van der Waals surface area contributed by atoms with Gasteiger partial charge in [-0.2, -0.15) is 0 Å². The van der Waals surface area contributed by atoms with E-state index in [1.807, 2.05) is 6.07 Å². The van der Waals surface area contributed by atoms with Gasteiger partial charge < -0.3 is 11.1 Å². The lowest BCUT2D eigenvalue weighted by Crippen LogP contribution is -2.27. The molecule has 1 fully saturated rings. The second-order valence-corrected chi connectivity index (χ2v) is 6.40. The molecule has 4 heteroatoms. The molecule has 3 N–H and O–H groups in total. The molecule has 1 aromatic rings. The number of nitrogens with two attached hydrogens (primary N) is 1. The van der Waals surface area contributed by atoms with Gasteiger partial charge >= 0.3 is 0 Å². The zero-order valence-corrected chi connectivity index (χ0v) is 12.2. The van der Waals surface area contributed by atoms with E-state index in [0.717, 1.165) is 18.5 Å². The third-order valence-electron chi connectivity index (χ3n) is 3.64. The number of rotatable bonds is 3. The van der Waals surface area contributed by atoms with Crippen LogP contribution in [0.2, 0.25) is 0 Å². The summed E-state index contributed by atoms with van der Waals surface area (Å²) in [6.07, 6.45) is 2.21. The smallest absolute Gasteiger partial charge is 0.251 e. The second kappa shape index (κ2) is 4.83. The Labute approximate surface area is 114 Å². The fourth-order valence-electron chi connectivity index (χ4n) is 2.19. The van der Waals surface area contributed by atoms with Crippen molar-refractivity contribution in [2.75, 3.05) is 5.73 Å². The zero-order chi connectivity index (χ0) is 14.2. The molecule has 1 heterocycles. The van der Waals surface area contributed by atoms with Crippen LogP contribution >= 0.6 is 0 Å². The van der Waals surface area contributed by atoms with Gasteiger partial charge in [-0.25, -0.2) is 4.98 Å². The van der Waals surface area contributed by atoms with Crippen molar-refractivity contribution in [1.82, 2.24) is 10.3 Å². The number of hydrogen-bond donors (Lipinski definition) is 2. The summed E-state index contributed by atoms with van der Waals surface area (Å²) in [5.74, 6) is 1.01. The Morgan fingerprint density at radius 1 is 1.47 bits per heavy atom. The van der Waals surface area contributed by atoms with Crippen LogP contribution in [0.3, 0.4) is 0 Å². The minimum atomic E-state index is -0.115. The summed E-state index contributed by atoms with van der Waals surface area (Å²) in [6.45, 7) is 8.33. The van der Waals surface area contributed by atoms with Gasteiger partial charge in [-0.15, -0.1) is 0 Å². The van der Waals surface area contributed by atoms with E-state index in [1.165, 1.54) is 0 Å². The molecule has 0 saturated heterocycles. The van der Waals surface area contributed by atoms with Crippen LogP contribution in [0.1, 0.15) is 56.6 Å². The van der Waals surface area contributed by atoms with Crippen LogP contribution in [-0.4, -0.2) is 16.9 Å². The summed E-state index contributed by atoms with van der Waals surface area (Å²) < 4.78 is 0. The number of hydrogen-bond acceptors (Lipinski definition) is 3. The lowest BCUT2D eigenvalue weighted by molar-refractivity contribution is 0.0948. The van der Waals surface area contributed by atoms with Crippen molar-refractivity contribution in [3.63, 3.8) is 0 Å². The van der Waals surface area contributed by atoms with Crippen LogP contribution in [-0.2, 0) is 5.41 Å². The number of anilines is 1. The summed E-state index contributed by atoms with van der Waals surface area (Å²) in [5, 5.41) is 3.05. The lowest BCUT2D eigenvalue weighted by Gasteiger charge is -2.19. The third kappa shape index (κ3) is 3.25. The first-order chi connectivity index (χ1) is 8.81. The van der Waals surface area contributed by atoms with E-state index in [9.17, 15) is 4.79 Å². The fraction of sp³-hybridized carbons (Fsp3) is 0.600. The summed E-state index contributed by atoms with van der Waals surface area (Å²) in [5.41, 5.74) is 7.15. The molecule has 2 unspecified atom stereocenters. The Balaban J connectivity index is 2.16. The maximum Gasteiger partial charge on any atom is 0.251 e. The quantitative estimate of drug-likeness (QED) is 0.878. The number of nitrogens with one attached hydrogen (secondary N) is 1. The van der Waals surface area contributed by atoms with Crippen LogP contribution in [0, 0.1) is 5.92 Å². The van der Waals surface area contributed by atoms with Gasteiger partial charge in [0.2, 0.25) is 0 Å². The van der Waals surface area contributed by atoms with Gasteiger partial charge in [0.05, 0.1) is 0 Å². The van der Waals surface area contributed by atoms with Gasteiger partial charge in [0.1, 0.15) is 5.82 Å². The molecule has 0 aliphatic heterocycles. The van der Waals surface area contributed by atoms with Crippen LogP contribution in [0.4, 0.5) is 5.82 Å². The topological polar surface area (TPSA) is 68.0 Å². The lowest BCUT2D eigenvalue weighted by atomic mass is 9.90. The molecule has 2 atom stereocenters. The van der Waals surface area contributed by atoms with E-state index >= 15 is 0 Å². The number of amides is 1. The number of nitrogen functional groups attached to an aromatic ring is 1. The van der Waals surface area contributed by atoms with E-state index in [-0.39, 0.29) is 11.3 Å². The van der Waals surface area contributed by atoms with E-state index in [1.54, 1.807) is 6.07 Å². The monoisotopic (exact) mass is 261 g/mol. The Bertz CT molecular complexity index is 491. The Morgan fingerprint density at radius 2 is 2.16 bits per heavy atom. The highest BCUT2D eigenvalue weighted by atomic mass is 16.1. The molecule has 1 saturated carbocycles. The minimum absolute atomic E-state index is 0.0412. The van der Waals surface area contributed by atoms with Crippen molar-refractivity contribution in [3.8, 4) is 0 Å². The maximum atomic E-state index is 12.2. The molecular formula is C15H23N3O. The normalized spacial score (nSPS) is 22.1. The molecule has 2 rings (SSSR count). The molecule has 1 aromatic heterocycles. The van der Waals surface area contributed by atoms with Gasteiger partial charge in [0.15, 0.2) is 0 Å². The van der Waals surface area contributed by atoms with Crippen molar-refractivity contribution in [2.45, 2.75) is 52.0 Å². The molecule has 4 nitrogen and oxygen atoms in total. The highest BCUT2D eigenvalue weighted by Gasteiger charge is 2.36. The Kier molecular flexibility index (Phi) is 3.52. The molecular weight excluding hydrogens is 238 g/mol. The van der Waals surface area contributed by atoms with Crippen molar-refractivity contribution in [1.29, 1.82) is 0 Å². The van der Waals surface area contributed by atoms with Crippen LogP contribution in [0.15, 0.2) is 12.1 Å². The van der Waals surface area contributed by atoms with Gasteiger partial charge in [0, 0.05) is 22.7 Å². The van der Waals surface area contributed by atoms with Crippen molar-refractivity contribution in [2.24, 2.45) is 5.92 Å². The number of carbonyl (C=O) groups is 1. The molecule has 1 amide bonds. The van der Waals surface area contributed by atoms with Gasteiger partial charge in [0.25, 0.3) is 5.91 Å². The molecule has 0 spiro atoms. The van der Waals surface area contributed by atoms with E-state index in [0.29, 0.717) is 23.3 Å². The summed E-state index contributed by atoms with van der Waals surface area (Å²) in [4.78, 5) is 16.5. The largest absolute Gasteiger partial charge is 0.384 e. The van der Waals surface area contributed by atoms with Crippen molar-refractivity contribution < 1.29 is 4.79 Å². The van der Waals surface area contributed by atoms with Crippen LogP contribution in [0.25, 0.3) is 0 Å². The number of carbonyl (C=O) groups excluding carboxylic acids is 1. The predicted octanol–water partition coefficient (Wildman–Crippen LogP) is 2.49. The summed E-state index contributed by atoms with van der Waals surface area (Å²) in [6, 6.07) is 3.83. The molecule has 19 heavy (non-hydrogen) atoms. The maximum absolute atomic E-state index is 12.2. The molecule has 1 aliphatic rings. The van der Waals surface area contributed by atoms with E-state index in [4.69, 9.17) is 5.73 Å². The molecule has 0 bridgehead atoms. The highest BCUT2D eigenvalue weighted by Crippen LogP contribution is 2.33. The summed E-state index contributed by atoms with van der Waals surface area (Å²) >= 11 is 0. The molecule has 0 aromatic carbocycles. The Hall–Kier alpha value is -1.58. The van der Waals surface area contributed by atoms with Crippen molar-refractivity contribution in [3.05, 3.63) is 23.4 Å². The first-order valence-corrected chi connectivity index (χ1v) is 6.90. The average molecular weight is 261 g/mol. The Morgan fingerprint density at radius 3 is 2.68 bits per heavy atom. The SMILES string of the molecule is CCC1CC1NC(=O)c1cc(N)nc(C(C)(C)C)c1. The standard InChI is InChI=1S/C15H23N3O/c1-5-9-6-11(9)17-14(19)10-7-12(15(2,3)4)18-13(16)8-10/h7-9,11H,5-6H2,1-4H3,(H2,16,18)(H,17,19). The first kappa shape index (κ1) is 13.8. The van der Waals surface area contributed by atoms with E-state index in [2.05, 4.69) is 38.0 Å². The van der Waals surface area contributed by atoms with Crippen LogP contribution in [0.5, 0.6) is 0 Å². The second-order valence-electron chi connectivity index (χ2n) is 6.40. The van der Waals surface area contributed by atoms with Gasteiger partial charge in [-0.3, -0.25) is 4.79 Å². The third-order valence-corrected chi connectivity index (χ3v) is 3.64. The fourth-order valence-corrected chi connectivity index (χ4v) is 2.19. The van der Waals surface area contributed by atoms with Gasteiger partial charge in [-0.05, 0) is 24.5 Å². The zero-order valence-electron chi connectivity index (χ0n) is 12.2. The number of nitrogens with zero attached hydrogens (tertiary/aromatic N) is 1. The summed E-state index contributed by atoms with van der Waals surface area (Å²) in [7, 11) is 0. The van der Waals surface area contributed by atoms with Crippen molar-refractivity contribution >= 4 is 11.7 Å². The molecule has 104 valence electrons. The molecule has 1 aliphatic carbocycles. The first-order valence-electron chi connectivity index (χ1n) is 6.90. The van der Waals surface area contributed by atoms with E-state index < -0.39 is 0 Å². The predicted molar refractivity (Wildman–Crippen MR) is 77.0 cm³/mol. The van der Waals surface area contributed by atoms with Crippen LogP contribution < -0.4 is 11.1 Å². The number of pyridine rings is 1.